The lowest BCUT2D eigenvalue weighted by Crippen LogP contribution is -2.46. The average molecular weight is 494 g/mol. The summed E-state index contributed by atoms with van der Waals surface area (Å²) >= 11 is 4.56. The largest absolute Gasteiger partial charge is 0.339 e. The highest BCUT2D eigenvalue weighted by atomic mass is 32.2. The van der Waals surface area contributed by atoms with Crippen LogP contribution >= 0.6 is 34.4 Å². The van der Waals surface area contributed by atoms with Crippen LogP contribution in [0.3, 0.4) is 0 Å². The van der Waals surface area contributed by atoms with Crippen molar-refractivity contribution in [3.8, 4) is 0 Å². The molecule has 0 aliphatic carbocycles. The van der Waals surface area contributed by atoms with E-state index in [4.69, 9.17) is 0 Å². The molecular formula is C21H23N3O3S4. The molecule has 1 amide bonds. The second-order valence-electron chi connectivity index (χ2n) is 7.29. The van der Waals surface area contributed by atoms with Gasteiger partial charge in [0.15, 0.2) is 0 Å². The molecular weight excluding hydrogens is 471 g/mol. The number of aryl methyl sites for hydroxylation is 1. The lowest BCUT2D eigenvalue weighted by molar-refractivity contribution is 0.0711. The molecule has 0 saturated carbocycles. The summed E-state index contributed by atoms with van der Waals surface area (Å²) in [4.78, 5) is 20.2. The summed E-state index contributed by atoms with van der Waals surface area (Å²) in [7, 11) is -3.48. The molecule has 10 heteroatoms. The predicted octanol–water partition coefficient (Wildman–Crippen LogP) is 4.39. The third kappa shape index (κ3) is 5.75. The summed E-state index contributed by atoms with van der Waals surface area (Å²) in [5, 5.41) is 4.89. The fourth-order valence-electron chi connectivity index (χ4n) is 3.40. The number of carbonyl (C=O) groups is 1. The molecule has 31 heavy (non-hydrogen) atoms. The van der Waals surface area contributed by atoms with Crippen LogP contribution in [-0.2, 0) is 15.8 Å². The average Bonchev–Trinajstić information content (AvgIpc) is 3.45. The molecule has 0 spiro atoms. The quantitative estimate of drug-likeness (QED) is 0.494. The summed E-state index contributed by atoms with van der Waals surface area (Å²) in [5.74, 6) is 0.804. The van der Waals surface area contributed by atoms with Crippen LogP contribution in [0.2, 0.25) is 0 Å². The van der Waals surface area contributed by atoms with E-state index in [9.17, 15) is 13.2 Å². The second-order valence-corrected chi connectivity index (χ2v) is 12.3. The number of sulfonamides is 1. The molecule has 164 valence electrons. The highest BCUT2D eigenvalue weighted by molar-refractivity contribution is 7.98. The lowest BCUT2D eigenvalue weighted by atomic mass is 10.0. The minimum atomic E-state index is -3.48. The van der Waals surface area contributed by atoms with Crippen molar-refractivity contribution >= 4 is 50.4 Å². The van der Waals surface area contributed by atoms with Crippen LogP contribution in [0.25, 0.3) is 0 Å². The molecule has 0 atom stereocenters. The maximum absolute atomic E-state index is 12.8. The Bertz CT molecular complexity index is 1120. The summed E-state index contributed by atoms with van der Waals surface area (Å²) in [6, 6.07) is 10.9. The van der Waals surface area contributed by atoms with Crippen molar-refractivity contribution in [2.45, 2.75) is 40.7 Å². The molecule has 1 aliphatic heterocycles. The van der Waals surface area contributed by atoms with E-state index in [1.54, 1.807) is 45.5 Å². The van der Waals surface area contributed by atoms with Crippen LogP contribution in [0, 0.1) is 6.92 Å². The Morgan fingerprint density at radius 3 is 2.55 bits per heavy atom. The van der Waals surface area contributed by atoms with Crippen LogP contribution in [-0.4, -0.2) is 43.3 Å². The summed E-state index contributed by atoms with van der Waals surface area (Å²) in [5.41, 5.74) is 1.73. The molecule has 1 fully saturated rings. The number of benzene rings is 1. The highest BCUT2D eigenvalue weighted by Gasteiger charge is 2.27. The number of carbonyl (C=O) groups excluding carboxylic acids is 1. The van der Waals surface area contributed by atoms with Gasteiger partial charge in [0.1, 0.15) is 4.21 Å². The van der Waals surface area contributed by atoms with E-state index in [0.717, 1.165) is 21.3 Å². The zero-order chi connectivity index (χ0) is 21.8. The lowest BCUT2D eigenvalue weighted by Gasteiger charge is -2.32. The van der Waals surface area contributed by atoms with E-state index in [1.807, 2.05) is 31.2 Å². The van der Waals surface area contributed by atoms with E-state index in [2.05, 4.69) is 15.1 Å². The molecule has 1 aliphatic rings. The van der Waals surface area contributed by atoms with Gasteiger partial charge in [0, 0.05) is 40.7 Å². The van der Waals surface area contributed by atoms with Gasteiger partial charge in [-0.3, -0.25) is 4.79 Å². The third-order valence-corrected chi connectivity index (χ3v) is 9.80. The Balaban J connectivity index is 1.28. The molecule has 0 radical (unpaired) electrons. The Morgan fingerprint density at radius 2 is 1.94 bits per heavy atom. The molecule has 2 aromatic heterocycles. The molecule has 4 rings (SSSR count). The minimum absolute atomic E-state index is 0.00811. The number of nitrogens with zero attached hydrogens (tertiary/aromatic N) is 2. The number of likely N-dealkylation sites (tertiary alicyclic amines) is 1. The normalized spacial score (nSPS) is 15.3. The predicted molar refractivity (Wildman–Crippen MR) is 126 cm³/mol. The molecule has 1 N–H and O–H groups in total. The van der Waals surface area contributed by atoms with Crippen molar-refractivity contribution in [3.05, 3.63) is 63.4 Å². The second kappa shape index (κ2) is 9.83. The van der Waals surface area contributed by atoms with Crippen LogP contribution in [0.5, 0.6) is 0 Å². The van der Waals surface area contributed by atoms with E-state index in [0.29, 0.717) is 35.7 Å². The first-order chi connectivity index (χ1) is 14.9. The van der Waals surface area contributed by atoms with Crippen LogP contribution in [0.15, 0.2) is 56.3 Å². The van der Waals surface area contributed by atoms with E-state index in [-0.39, 0.29) is 11.9 Å². The first-order valence-electron chi connectivity index (χ1n) is 9.90. The maximum atomic E-state index is 12.8. The van der Waals surface area contributed by atoms with Gasteiger partial charge in [0.05, 0.1) is 10.7 Å². The fourth-order valence-corrected chi connectivity index (χ4v) is 7.23. The summed E-state index contributed by atoms with van der Waals surface area (Å²) in [6.45, 7) is 3.08. The number of nitrogens with one attached hydrogen (secondary N) is 1. The monoisotopic (exact) mass is 493 g/mol. The third-order valence-electron chi connectivity index (χ3n) is 5.02. The number of thiazole rings is 1. The Kier molecular flexibility index (Phi) is 7.12. The van der Waals surface area contributed by atoms with Crippen molar-refractivity contribution in [3.63, 3.8) is 0 Å². The molecule has 3 aromatic rings. The van der Waals surface area contributed by atoms with Crippen molar-refractivity contribution in [1.82, 2.24) is 14.6 Å². The fraction of sp³-hybridized carbons (Fsp3) is 0.333. The van der Waals surface area contributed by atoms with E-state index in [1.165, 1.54) is 11.3 Å². The van der Waals surface area contributed by atoms with Gasteiger partial charge in [-0.25, -0.2) is 18.1 Å². The SMILES string of the molecule is Cc1nc(CSc2ccc(C(=O)N3CCC(NS(=O)(=O)c4cccs4)CC3)cc2)cs1. The first-order valence-corrected chi connectivity index (χ1v) is 14.1. The van der Waals surface area contributed by atoms with Gasteiger partial charge in [-0.2, -0.15) is 0 Å². The van der Waals surface area contributed by atoms with Gasteiger partial charge in [0.25, 0.3) is 5.91 Å². The van der Waals surface area contributed by atoms with Crippen LogP contribution < -0.4 is 4.72 Å². The summed E-state index contributed by atoms with van der Waals surface area (Å²) < 4.78 is 27.9. The topological polar surface area (TPSA) is 79.4 Å². The van der Waals surface area contributed by atoms with Crippen molar-refractivity contribution in [2.75, 3.05) is 13.1 Å². The van der Waals surface area contributed by atoms with Gasteiger partial charge >= 0.3 is 0 Å². The number of hydrogen-bond acceptors (Lipinski definition) is 7. The standard InChI is InChI=1S/C21H23N3O3S4/c1-15-22-18(13-29-15)14-30-19-6-4-16(5-7-19)21(25)24-10-8-17(9-11-24)23-31(26,27)20-3-2-12-28-20/h2-7,12-13,17,23H,8-11,14H2,1H3. The smallest absolute Gasteiger partial charge is 0.253 e. The Labute approximate surface area is 194 Å². The molecule has 0 unspecified atom stereocenters. The van der Waals surface area contributed by atoms with Crippen LogP contribution in [0.1, 0.15) is 33.9 Å². The number of rotatable bonds is 7. The minimum Gasteiger partial charge on any atom is -0.339 e. The number of amides is 1. The number of aromatic nitrogens is 1. The zero-order valence-electron chi connectivity index (χ0n) is 17.0. The zero-order valence-corrected chi connectivity index (χ0v) is 20.2. The van der Waals surface area contributed by atoms with Crippen molar-refractivity contribution in [1.29, 1.82) is 0 Å². The van der Waals surface area contributed by atoms with E-state index >= 15 is 0 Å². The van der Waals surface area contributed by atoms with Gasteiger partial charge in [0.2, 0.25) is 10.0 Å². The van der Waals surface area contributed by atoms with Crippen LogP contribution in [0.4, 0.5) is 0 Å². The molecule has 1 aromatic carbocycles. The Hall–Kier alpha value is -1.72. The number of piperidine rings is 1. The number of thioether (sulfide) groups is 1. The van der Waals surface area contributed by atoms with Gasteiger partial charge < -0.3 is 4.90 Å². The van der Waals surface area contributed by atoms with Gasteiger partial charge in [-0.1, -0.05) is 6.07 Å². The summed E-state index contributed by atoms with van der Waals surface area (Å²) in [6.07, 6.45) is 1.22. The van der Waals surface area contributed by atoms with Gasteiger partial charge in [-0.15, -0.1) is 34.4 Å². The first kappa shape index (κ1) is 22.5. The maximum Gasteiger partial charge on any atom is 0.253 e. The number of thiophene rings is 1. The van der Waals surface area contributed by atoms with E-state index < -0.39 is 10.0 Å². The van der Waals surface area contributed by atoms with Gasteiger partial charge in [-0.05, 0) is 55.5 Å². The Morgan fingerprint density at radius 1 is 1.19 bits per heavy atom. The van der Waals surface area contributed by atoms with Crippen molar-refractivity contribution < 1.29 is 13.2 Å². The molecule has 0 bridgehead atoms. The highest BCUT2D eigenvalue weighted by Crippen LogP contribution is 2.25. The molecule has 3 heterocycles. The van der Waals surface area contributed by atoms with Crippen molar-refractivity contribution in [2.24, 2.45) is 0 Å². The molecule has 1 saturated heterocycles. The molecule has 6 nitrogen and oxygen atoms in total. The number of hydrogen-bond donors (Lipinski definition) is 1.